The Morgan fingerprint density at radius 2 is 2.44 bits per heavy atom. The van der Waals surface area contributed by atoms with Crippen LogP contribution in [0.2, 0.25) is 0 Å². The van der Waals surface area contributed by atoms with Crippen LogP contribution in [0.25, 0.3) is 0 Å². The largest absolute Gasteiger partial charge is 0.496 e. The number of nitrogens with two attached hydrogens (primary N) is 1. The summed E-state index contributed by atoms with van der Waals surface area (Å²) < 4.78 is 7.24. The summed E-state index contributed by atoms with van der Waals surface area (Å²) in [5, 5.41) is 6.27. The number of ether oxygens (including phenoxy) is 1. The van der Waals surface area contributed by atoms with Crippen LogP contribution in [0.3, 0.4) is 0 Å². The fourth-order valence-corrected chi connectivity index (χ4v) is 2.80. The van der Waals surface area contributed by atoms with Gasteiger partial charge in [0.15, 0.2) is 0 Å². The van der Waals surface area contributed by atoms with Crippen molar-refractivity contribution in [1.82, 2.24) is 15.2 Å². The Hall–Kier alpha value is -1.37. The molecule has 5 nitrogen and oxygen atoms in total. The molecule has 1 unspecified atom stereocenters. The van der Waals surface area contributed by atoms with Gasteiger partial charge in [0.25, 0.3) is 0 Å². The van der Waals surface area contributed by atoms with E-state index in [2.05, 4.69) is 17.4 Å². The van der Waals surface area contributed by atoms with Gasteiger partial charge in [0.2, 0.25) is 0 Å². The average Bonchev–Trinajstić information content (AvgIpc) is 3.04. The van der Waals surface area contributed by atoms with E-state index in [0.29, 0.717) is 0 Å². The van der Waals surface area contributed by atoms with Gasteiger partial charge in [-0.15, -0.1) is 11.3 Å². The summed E-state index contributed by atoms with van der Waals surface area (Å²) in [5.41, 5.74) is 4.01. The van der Waals surface area contributed by atoms with E-state index in [-0.39, 0.29) is 6.04 Å². The highest BCUT2D eigenvalue weighted by Crippen LogP contribution is 2.32. The first-order valence-electron chi connectivity index (χ1n) is 5.87. The maximum Gasteiger partial charge on any atom is 0.134 e. The zero-order valence-corrected chi connectivity index (χ0v) is 11.4. The summed E-state index contributed by atoms with van der Waals surface area (Å²) in [5.74, 6) is 6.53. The van der Waals surface area contributed by atoms with Crippen LogP contribution in [0, 0.1) is 0 Å². The van der Waals surface area contributed by atoms with E-state index >= 15 is 0 Å². The third kappa shape index (κ3) is 2.72. The smallest absolute Gasteiger partial charge is 0.134 e. The first-order valence-corrected chi connectivity index (χ1v) is 6.75. The van der Waals surface area contributed by atoms with Gasteiger partial charge in [-0.25, -0.2) is 0 Å². The zero-order valence-electron chi connectivity index (χ0n) is 10.6. The normalized spacial score (nSPS) is 12.6. The van der Waals surface area contributed by atoms with Crippen LogP contribution in [0.5, 0.6) is 5.75 Å². The van der Waals surface area contributed by atoms with E-state index < -0.39 is 0 Å². The lowest BCUT2D eigenvalue weighted by Gasteiger charge is -2.14. The summed E-state index contributed by atoms with van der Waals surface area (Å²) >= 11 is 1.64. The van der Waals surface area contributed by atoms with Crippen molar-refractivity contribution in [3.63, 3.8) is 0 Å². The lowest BCUT2D eigenvalue weighted by molar-refractivity contribution is 0.403. The number of aromatic nitrogens is 2. The Morgan fingerprint density at radius 3 is 3.06 bits per heavy atom. The first kappa shape index (κ1) is 13.1. The van der Waals surface area contributed by atoms with Gasteiger partial charge in [-0.3, -0.25) is 16.0 Å². The van der Waals surface area contributed by atoms with Crippen LogP contribution in [-0.4, -0.2) is 16.9 Å². The minimum Gasteiger partial charge on any atom is -0.496 e. The summed E-state index contributed by atoms with van der Waals surface area (Å²) in [6.45, 7) is 2.95. The molecule has 0 spiro atoms. The second-order valence-corrected chi connectivity index (χ2v) is 4.93. The topological polar surface area (TPSA) is 65.1 Å². The highest BCUT2D eigenvalue weighted by Gasteiger charge is 2.17. The molecule has 3 N–H and O–H groups in total. The van der Waals surface area contributed by atoms with Gasteiger partial charge >= 0.3 is 0 Å². The molecule has 18 heavy (non-hydrogen) atoms. The standard InChI is InChI=1S/C12H18N4OS/c1-3-16-8-9(7-14-16)6-10(15-13)12-11(17-2)4-5-18-12/h4-5,7-8,10,15H,3,6,13H2,1-2H3. The van der Waals surface area contributed by atoms with Crippen molar-refractivity contribution < 1.29 is 4.74 Å². The number of hydrogen-bond acceptors (Lipinski definition) is 5. The molecular formula is C12H18N4OS. The van der Waals surface area contributed by atoms with E-state index in [1.54, 1.807) is 18.4 Å². The molecular weight excluding hydrogens is 248 g/mol. The van der Waals surface area contributed by atoms with E-state index in [4.69, 9.17) is 10.6 Å². The van der Waals surface area contributed by atoms with Gasteiger partial charge in [0, 0.05) is 12.7 Å². The average molecular weight is 266 g/mol. The van der Waals surface area contributed by atoms with Crippen LogP contribution < -0.4 is 16.0 Å². The third-order valence-corrected chi connectivity index (χ3v) is 3.86. The fraction of sp³-hybridized carbons (Fsp3) is 0.417. The number of nitrogens with zero attached hydrogens (tertiary/aromatic N) is 2. The van der Waals surface area contributed by atoms with Crippen molar-refractivity contribution in [3.8, 4) is 5.75 Å². The second kappa shape index (κ2) is 5.99. The van der Waals surface area contributed by atoms with Crippen molar-refractivity contribution in [2.24, 2.45) is 5.84 Å². The van der Waals surface area contributed by atoms with Gasteiger partial charge in [0.1, 0.15) is 5.75 Å². The molecule has 2 rings (SSSR count). The molecule has 0 aliphatic carbocycles. The van der Waals surface area contributed by atoms with E-state index in [9.17, 15) is 0 Å². The maximum atomic E-state index is 5.65. The highest BCUT2D eigenvalue weighted by atomic mass is 32.1. The van der Waals surface area contributed by atoms with Crippen molar-refractivity contribution in [3.05, 3.63) is 34.3 Å². The van der Waals surface area contributed by atoms with E-state index in [1.807, 2.05) is 28.5 Å². The van der Waals surface area contributed by atoms with Crippen molar-refractivity contribution in [2.45, 2.75) is 25.9 Å². The van der Waals surface area contributed by atoms with Crippen LogP contribution in [0.15, 0.2) is 23.8 Å². The summed E-state index contributed by atoms with van der Waals surface area (Å²) in [4.78, 5) is 1.12. The van der Waals surface area contributed by atoms with Gasteiger partial charge < -0.3 is 4.74 Å². The van der Waals surface area contributed by atoms with Crippen molar-refractivity contribution in [2.75, 3.05) is 7.11 Å². The van der Waals surface area contributed by atoms with Crippen molar-refractivity contribution >= 4 is 11.3 Å². The minimum atomic E-state index is 0.0504. The number of methoxy groups -OCH3 is 1. The number of nitrogens with one attached hydrogen (secondary N) is 1. The molecule has 0 fully saturated rings. The molecule has 2 heterocycles. The third-order valence-electron chi connectivity index (χ3n) is 2.85. The van der Waals surface area contributed by atoms with Crippen molar-refractivity contribution in [1.29, 1.82) is 0 Å². The molecule has 0 saturated carbocycles. The molecule has 0 amide bonds. The Labute approximate surface area is 111 Å². The Morgan fingerprint density at radius 1 is 1.61 bits per heavy atom. The Kier molecular flexibility index (Phi) is 4.35. The molecule has 2 aromatic rings. The lowest BCUT2D eigenvalue weighted by Crippen LogP contribution is -2.29. The fourth-order valence-electron chi connectivity index (χ4n) is 1.88. The zero-order chi connectivity index (χ0) is 13.0. The molecule has 0 aromatic carbocycles. The molecule has 98 valence electrons. The summed E-state index contributed by atoms with van der Waals surface area (Å²) in [7, 11) is 1.67. The monoisotopic (exact) mass is 266 g/mol. The molecule has 0 aliphatic rings. The SMILES string of the molecule is CCn1cc(CC(NN)c2sccc2OC)cn1. The number of hydrazine groups is 1. The van der Waals surface area contributed by atoms with Crippen LogP contribution in [0.1, 0.15) is 23.4 Å². The quantitative estimate of drug-likeness (QED) is 0.617. The van der Waals surface area contributed by atoms with Gasteiger partial charge in [0.05, 0.1) is 24.2 Å². The van der Waals surface area contributed by atoms with Crippen LogP contribution >= 0.6 is 11.3 Å². The molecule has 2 aromatic heterocycles. The number of rotatable bonds is 6. The van der Waals surface area contributed by atoms with Crippen LogP contribution in [-0.2, 0) is 13.0 Å². The van der Waals surface area contributed by atoms with Gasteiger partial charge in [-0.05, 0) is 30.4 Å². The summed E-state index contributed by atoms with van der Waals surface area (Å²) in [6.07, 6.45) is 4.73. The van der Waals surface area contributed by atoms with Crippen LogP contribution in [0.4, 0.5) is 0 Å². The number of thiophene rings is 1. The lowest BCUT2D eigenvalue weighted by atomic mass is 10.1. The minimum absolute atomic E-state index is 0.0504. The molecule has 0 radical (unpaired) electrons. The van der Waals surface area contributed by atoms with Gasteiger partial charge in [-0.2, -0.15) is 5.10 Å². The predicted octanol–water partition coefficient (Wildman–Crippen LogP) is 1.72. The molecule has 6 heteroatoms. The maximum absolute atomic E-state index is 5.65. The highest BCUT2D eigenvalue weighted by molar-refractivity contribution is 7.10. The molecule has 0 bridgehead atoms. The molecule has 1 atom stereocenters. The molecule has 0 aliphatic heterocycles. The second-order valence-electron chi connectivity index (χ2n) is 3.98. The Bertz CT molecular complexity index is 494. The predicted molar refractivity (Wildman–Crippen MR) is 72.5 cm³/mol. The Balaban J connectivity index is 2.14. The van der Waals surface area contributed by atoms with Gasteiger partial charge in [-0.1, -0.05) is 0 Å². The molecule has 0 saturated heterocycles. The number of aryl methyl sites for hydroxylation is 1. The van der Waals surface area contributed by atoms with E-state index in [1.165, 1.54) is 0 Å². The number of hydrogen-bond donors (Lipinski definition) is 2. The van der Waals surface area contributed by atoms with E-state index in [0.717, 1.165) is 29.2 Å². The summed E-state index contributed by atoms with van der Waals surface area (Å²) in [6, 6.07) is 2.01. The first-order chi connectivity index (χ1) is 8.78.